The van der Waals surface area contributed by atoms with Crippen molar-refractivity contribution in [1.82, 2.24) is 5.32 Å². The lowest BCUT2D eigenvalue weighted by molar-refractivity contribution is 0.1000. The molecule has 0 amide bonds. The predicted octanol–water partition coefficient (Wildman–Crippen LogP) is 1.79. The zero-order chi connectivity index (χ0) is 11.1. The highest BCUT2D eigenvalue weighted by atomic mass is 32.2. The lowest BCUT2D eigenvalue weighted by atomic mass is 10.1. The van der Waals surface area contributed by atoms with E-state index in [9.17, 15) is 0 Å². The van der Waals surface area contributed by atoms with Gasteiger partial charge in [-0.25, -0.2) is 0 Å². The molecule has 0 spiro atoms. The average Bonchev–Trinajstić information content (AvgIpc) is 2.28. The van der Waals surface area contributed by atoms with Gasteiger partial charge in [0.2, 0.25) is 0 Å². The third-order valence-corrected chi connectivity index (χ3v) is 4.28. The summed E-state index contributed by atoms with van der Waals surface area (Å²) >= 11 is 1.90. The van der Waals surface area contributed by atoms with Crippen molar-refractivity contribution < 1.29 is 4.74 Å². The third-order valence-electron chi connectivity index (χ3n) is 2.59. The Morgan fingerprint density at radius 3 is 2.73 bits per heavy atom. The third kappa shape index (κ3) is 4.42. The molecular weight excluding hydrogens is 208 g/mol. The predicted molar refractivity (Wildman–Crippen MR) is 64.0 cm³/mol. The maximum absolute atomic E-state index is 9.10. The van der Waals surface area contributed by atoms with Crippen molar-refractivity contribution in [3.8, 4) is 6.07 Å². The summed E-state index contributed by atoms with van der Waals surface area (Å²) in [5.74, 6) is 0.863. The van der Waals surface area contributed by atoms with Gasteiger partial charge < -0.3 is 4.74 Å². The van der Waals surface area contributed by atoms with Gasteiger partial charge >= 0.3 is 0 Å². The molecule has 1 fully saturated rings. The largest absolute Gasteiger partial charge is 0.381 e. The van der Waals surface area contributed by atoms with Crippen molar-refractivity contribution in [3.63, 3.8) is 0 Å². The molecule has 1 unspecified atom stereocenters. The molecule has 1 rings (SSSR count). The molecular formula is C11H20N2OS. The Kier molecular flexibility index (Phi) is 5.44. The van der Waals surface area contributed by atoms with Gasteiger partial charge in [0.05, 0.1) is 6.07 Å². The summed E-state index contributed by atoms with van der Waals surface area (Å²) in [6, 6.07) is 2.36. The number of nitrogens with zero attached hydrogens (tertiary/aromatic N) is 1. The number of thioether (sulfide) groups is 1. The Bertz CT molecular complexity index is 223. The highest BCUT2D eigenvalue weighted by Crippen LogP contribution is 2.25. The van der Waals surface area contributed by atoms with Crippen LogP contribution in [0.5, 0.6) is 0 Å². The molecule has 0 aromatic carbocycles. The van der Waals surface area contributed by atoms with E-state index < -0.39 is 0 Å². The van der Waals surface area contributed by atoms with Crippen molar-refractivity contribution in [1.29, 1.82) is 5.26 Å². The first-order valence-electron chi connectivity index (χ1n) is 5.56. The molecule has 1 N–H and O–H groups in total. The van der Waals surface area contributed by atoms with E-state index in [1.54, 1.807) is 0 Å². The second-order valence-corrected chi connectivity index (χ2v) is 5.39. The minimum atomic E-state index is -0.377. The van der Waals surface area contributed by atoms with Crippen LogP contribution in [0.3, 0.4) is 0 Å². The molecule has 1 aliphatic heterocycles. The van der Waals surface area contributed by atoms with Gasteiger partial charge in [0, 0.05) is 24.2 Å². The highest BCUT2D eigenvalue weighted by molar-refractivity contribution is 8.00. The molecule has 3 nitrogen and oxygen atoms in total. The first-order valence-corrected chi connectivity index (χ1v) is 6.60. The monoisotopic (exact) mass is 228 g/mol. The van der Waals surface area contributed by atoms with E-state index >= 15 is 0 Å². The molecule has 0 aromatic rings. The summed E-state index contributed by atoms with van der Waals surface area (Å²) in [5, 5.41) is 13.0. The van der Waals surface area contributed by atoms with Gasteiger partial charge in [-0.1, -0.05) is 6.92 Å². The van der Waals surface area contributed by atoms with Crippen LogP contribution in [0.1, 0.15) is 26.7 Å². The maximum Gasteiger partial charge on any atom is 0.113 e. The van der Waals surface area contributed by atoms with Crippen LogP contribution in [0.4, 0.5) is 0 Å². The minimum absolute atomic E-state index is 0.377. The van der Waals surface area contributed by atoms with E-state index in [2.05, 4.69) is 11.4 Å². The van der Waals surface area contributed by atoms with E-state index in [-0.39, 0.29) is 5.54 Å². The van der Waals surface area contributed by atoms with Gasteiger partial charge in [-0.3, -0.25) is 5.32 Å². The fourth-order valence-electron chi connectivity index (χ4n) is 1.64. The van der Waals surface area contributed by atoms with Crippen LogP contribution < -0.4 is 5.32 Å². The number of hydrogen-bond donors (Lipinski definition) is 1. The highest BCUT2D eigenvalue weighted by Gasteiger charge is 2.25. The quantitative estimate of drug-likeness (QED) is 0.779. The Morgan fingerprint density at radius 1 is 1.53 bits per heavy atom. The number of rotatable bonds is 5. The Morgan fingerprint density at radius 2 is 2.20 bits per heavy atom. The summed E-state index contributed by atoms with van der Waals surface area (Å²) in [6.07, 6.45) is 2.25. The van der Waals surface area contributed by atoms with Gasteiger partial charge in [-0.2, -0.15) is 17.0 Å². The number of nitriles is 1. The minimum Gasteiger partial charge on any atom is -0.381 e. The van der Waals surface area contributed by atoms with E-state index in [0.717, 1.165) is 38.4 Å². The molecule has 0 bridgehead atoms. The van der Waals surface area contributed by atoms with E-state index in [0.29, 0.717) is 5.25 Å². The number of nitrogens with one attached hydrogen (secondary N) is 1. The van der Waals surface area contributed by atoms with Crippen LogP contribution >= 0.6 is 11.8 Å². The average molecular weight is 228 g/mol. The molecule has 0 saturated carbocycles. The SMILES string of the molecule is CCNC(C)(C#N)CSC1CCOCC1. The van der Waals surface area contributed by atoms with Gasteiger partial charge in [0.25, 0.3) is 0 Å². The van der Waals surface area contributed by atoms with Crippen LogP contribution in [-0.4, -0.2) is 36.3 Å². The fourth-order valence-corrected chi connectivity index (χ4v) is 2.90. The zero-order valence-corrected chi connectivity index (χ0v) is 10.4. The van der Waals surface area contributed by atoms with Crippen molar-refractivity contribution in [2.45, 2.75) is 37.5 Å². The summed E-state index contributed by atoms with van der Waals surface area (Å²) < 4.78 is 5.31. The standard InChI is InChI=1S/C11H20N2OS/c1-3-13-11(2,8-12)9-15-10-4-6-14-7-5-10/h10,13H,3-7,9H2,1-2H3. The Balaban J connectivity index is 2.30. The molecule has 15 heavy (non-hydrogen) atoms. The second-order valence-electron chi connectivity index (χ2n) is 4.10. The van der Waals surface area contributed by atoms with Gasteiger partial charge in [0.15, 0.2) is 0 Å². The molecule has 1 saturated heterocycles. The van der Waals surface area contributed by atoms with Crippen molar-refractivity contribution in [3.05, 3.63) is 0 Å². The molecule has 0 radical (unpaired) electrons. The summed E-state index contributed by atoms with van der Waals surface area (Å²) in [6.45, 7) is 6.61. The molecule has 0 aromatic heterocycles. The molecule has 1 atom stereocenters. The summed E-state index contributed by atoms with van der Waals surface area (Å²) in [7, 11) is 0. The van der Waals surface area contributed by atoms with Crippen molar-refractivity contribution in [2.75, 3.05) is 25.5 Å². The number of ether oxygens (including phenoxy) is 1. The van der Waals surface area contributed by atoms with Crippen LogP contribution in [0, 0.1) is 11.3 Å². The number of hydrogen-bond acceptors (Lipinski definition) is 4. The normalized spacial score (nSPS) is 21.9. The Labute approximate surface area is 96.6 Å². The van der Waals surface area contributed by atoms with Crippen molar-refractivity contribution >= 4 is 11.8 Å². The van der Waals surface area contributed by atoms with Crippen LogP contribution in [-0.2, 0) is 4.74 Å². The van der Waals surface area contributed by atoms with Crippen LogP contribution in [0.2, 0.25) is 0 Å². The van der Waals surface area contributed by atoms with Crippen molar-refractivity contribution in [2.24, 2.45) is 0 Å². The lowest BCUT2D eigenvalue weighted by Gasteiger charge is -2.27. The first-order chi connectivity index (χ1) is 7.20. The van der Waals surface area contributed by atoms with E-state index in [1.165, 1.54) is 0 Å². The summed E-state index contributed by atoms with van der Waals surface area (Å²) in [4.78, 5) is 0. The van der Waals surface area contributed by atoms with Gasteiger partial charge in [-0.05, 0) is 26.3 Å². The van der Waals surface area contributed by atoms with E-state index in [4.69, 9.17) is 10.00 Å². The Hall–Kier alpha value is -0.240. The molecule has 1 heterocycles. The fraction of sp³-hybridized carbons (Fsp3) is 0.909. The molecule has 1 aliphatic rings. The molecule has 86 valence electrons. The maximum atomic E-state index is 9.10. The molecule has 4 heteroatoms. The first kappa shape index (κ1) is 12.8. The van der Waals surface area contributed by atoms with E-state index in [1.807, 2.05) is 25.6 Å². The zero-order valence-electron chi connectivity index (χ0n) is 9.58. The van der Waals surface area contributed by atoms with Gasteiger partial charge in [0.1, 0.15) is 5.54 Å². The second kappa shape index (κ2) is 6.37. The summed E-state index contributed by atoms with van der Waals surface area (Å²) in [5.41, 5.74) is -0.377. The topological polar surface area (TPSA) is 45.0 Å². The van der Waals surface area contributed by atoms with Gasteiger partial charge in [-0.15, -0.1) is 0 Å². The lowest BCUT2D eigenvalue weighted by Crippen LogP contribution is -2.43. The van der Waals surface area contributed by atoms with Crippen LogP contribution in [0.15, 0.2) is 0 Å². The van der Waals surface area contributed by atoms with Crippen LogP contribution in [0.25, 0.3) is 0 Å². The smallest absolute Gasteiger partial charge is 0.113 e. The molecule has 0 aliphatic carbocycles.